The third kappa shape index (κ3) is 7.80. The van der Waals surface area contributed by atoms with Gasteiger partial charge in [0.25, 0.3) is 5.91 Å². The minimum absolute atomic E-state index is 0. The van der Waals surface area contributed by atoms with E-state index in [1.807, 2.05) is 23.1 Å². The van der Waals surface area contributed by atoms with Gasteiger partial charge in [0.2, 0.25) is 0 Å². The van der Waals surface area contributed by atoms with Gasteiger partial charge in [-0.25, -0.2) is 0 Å². The van der Waals surface area contributed by atoms with Crippen molar-refractivity contribution in [3.05, 3.63) is 29.8 Å². The summed E-state index contributed by atoms with van der Waals surface area (Å²) in [5.41, 5.74) is 1.13. The van der Waals surface area contributed by atoms with Crippen molar-refractivity contribution in [1.82, 2.24) is 15.1 Å². The highest BCUT2D eigenvalue weighted by Crippen LogP contribution is 2.16. The van der Waals surface area contributed by atoms with Crippen LogP contribution in [0, 0.1) is 0 Å². The minimum Gasteiger partial charge on any atom is -0.493 e. The van der Waals surface area contributed by atoms with Gasteiger partial charge in [0.05, 0.1) is 6.61 Å². The molecule has 0 bridgehead atoms. The van der Waals surface area contributed by atoms with Gasteiger partial charge in [-0.2, -0.15) is 0 Å². The number of carbonyl (C=O) groups is 1. The summed E-state index contributed by atoms with van der Waals surface area (Å²) in [5.74, 6) is 1.85. The minimum atomic E-state index is -0.238. The van der Waals surface area contributed by atoms with Crippen LogP contribution in [-0.4, -0.2) is 87.9 Å². The van der Waals surface area contributed by atoms with Crippen LogP contribution in [0.4, 0.5) is 0 Å². The molecule has 174 valence electrons. The molecule has 9 heteroatoms. The number of carbonyl (C=O) groups excluding carboxylic acids is 1. The Labute approximate surface area is 202 Å². The highest BCUT2D eigenvalue weighted by atomic mass is 127. The standard InChI is InChI=1S/C22H34N4O4.HI/c1-23-22(24-17-18-6-3-7-19(16-18)29-15-5-13-28-2)26-11-9-25(10-12-26)21(27)20-8-4-14-30-20;/h3,6-7,16,20H,4-5,8-15,17H2,1-2H3,(H,23,24);1H. The summed E-state index contributed by atoms with van der Waals surface area (Å²) in [5, 5.41) is 3.43. The summed E-state index contributed by atoms with van der Waals surface area (Å²) >= 11 is 0. The van der Waals surface area contributed by atoms with Gasteiger partial charge >= 0.3 is 0 Å². The number of piperazine rings is 1. The summed E-state index contributed by atoms with van der Waals surface area (Å²) in [4.78, 5) is 21.1. The average molecular weight is 546 g/mol. The van der Waals surface area contributed by atoms with Crippen LogP contribution in [0.15, 0.2) is 29.3 Å². The number of amides is 1. The SMILES string of the molecule is CN=C(NCc1cccc(OCCCOC)c1)N1CCN(C(=O)C2CCCO2)CC1.I. The van der Waals surface area contributed by atoms with E-state index < -0.39 is 0 Å². The van der Waals surface area contributed by atoms with E-state index in [0.717, 1.165) is 49.6 Å². The first-order valence-electron chi connectivity index (χ1n) is 10.8. The Morgan fingerprint density at radius 2 is 2.00 bits per heavy atom. The smallest absolute Gasteiger partial charge is 0.251 e. The summed E-state index contributed by atoms with van der Waals surface area (Å²) in [6.07, 6.45) is 2.45. The fourth-order valence-corrected chi connectivity index (χ4v) is 3.77. The van der Waals surface area contributed by atoms with E-state index >= 15 is 0 Å². The number of nitrogens with one attached hydrogen (secondary N) is 1. The summed E-state index contributed by atoms with van der Waals surface area (Å²) in [6, 6.07) is 8.09. The molecule has 2 saturated heterocycles. The van der Waals surface area contributed by atoms with Gasteiger partial charge in [-0.3, -0.25) is 9.79 Å². The van der Waals surface area contributed by atoms with Gasteiger partial charge in [-0.05, 0) is 30.5 Å². The molecular weight excluding hydrogens is 511 g/mol. The third-order valence-electron chi connectivity index (χ3n) is 5.42. The van der Waals surface area contributed by atoms with E-state index in [4.69, 9.17) is 14.2 Å². The first-order chi connectivity index (χ1) is 14.7. The molecule has 2 aliphatic heterocycles. The number of hydrogen-bond acceptors (Lipinski definition) is 5. The van der Waals surface area contributed by atoms with Crippen LogP contribution in [0.25, 0.3) is 0 Å². The van der Waals surface area contributed by atoms with Crippen LogP contribution >= 0.6 is 24.0 Å². The Kier molecular flexibility index (Phi) is 11.4. The molecule has 8 nitrogen and oxygen atoms in total. The van der Waals surface area contributed by atoms with Crippen LogP contribution in [0.2, 0.25) is 0 Å². The van der Waals surface area contributed by atoms with Crippen molar-refractivity contribution in [2.45, 2.75) is 31.9 Å². The zero-order chi connectivity index (χ0) is 21.2. The number of halogens is 1. The molecule has 2 aliphatic rings. The van der Waals surface area contributed by atoms with Crippen LogP contribution in [0.1, 0.15) is 24.8 Å². The monoisotopic (exact) mass is 546 g/mol. The van der Waals surface area contributed by atoms with E-state index in [1.165, 1.54) is 0 Å². The molecule has 2 heterocycles. The molecule has 0 radical (unpaired) electrons. The van der Waals surface area contributed by atoms with Crippen molar-refractivity contribution in [3.63, 3.8) is 0 Å². The van der Waals surface area contributed by atoms with Gasteiger partial charge in [0.1, 0.15) is 11.9 Å². The maximum atomic E-state index is 12.5. The van der Waals surface area contributed by atoms with Crippen LogP contribution in [-0.2, 0) is 20.8 Å². The molecule has 1 aromatic rings. The molecule has 3 rings (SSSR count). The fourth-order valence-electron chi connectivity index (χ4n) is 3.77. The predicted molar refractivity (Wildman–Crippen MR) is 131 cm³/mol. The molecule has 1 unspecified atom stereocenters. The molecule has 31 heavy (non-hydrogen) atoms. The molecule has 1 N–H and O–H groups in total. The predicted octanol–water partition coefficient (Wildman–Crippen LogP) is 2.12. The number of guanidine groups is 1. The lowest BCUT2D eigenvalue weighted by molar-refractivity contribution is -0.142. The van der Waals surface area contributed by atoms with Crippen LogP contribution < -0.4 is 10.1 Å². The molecule has 0 saturated carbocycles. The topological polar surface area (TPSA) is 75.6 Å². The van der Waals surface area contributed by atoms with E-state index in [-0.39, 0.29) is 36.0 Å². The molecule has 0 spiro atoms. The zero-order valence-corrected chi connectivity index (χ0v) is 20.9. The lowest BCUT2D eigenvalue weighted by atomic mass is 10.2. The van der Waals surface area contributed by atoms with Crippen molar-refractivity contribution in [2.75, 3.05) is 60.2 Å². The lowest BCUT2D eigenvalue weighted by Gasteiger charge is -2.37. The van der Waals surface area contributed by atoms with Crippen molar-refractivity contribution in [3.8, 4) is 5.75 Å². The number of hydrogen-bond donors (Lipinski definition) is 1. The largest absolute Gasteiger partial charge is 0.493 e. The highest BCUT2D eigenvalue weighted by Gasteiger charge is 2.30. The third-order valence-corrected chi connectivity index (χ3v) is 5.42. The molecule has 0 aliphatic carbocycles. The zero-order valence-electron chi connectivity index (χ0n) is 18.5. The first kappa shape index (κ1) is 25.7. The second-order valence-electron chi connectivity index (χ2n) is 7.56. The summed E-state index contributed by atoms with van der Waals surface area (Å²) < 4.78 is 16.4. The van der Waals surface area contributed by atoms with Gasteiger partial charge in [-0.15, -0.1) is 24.0 Å². The van der Waals surface area contributed by atoms with Gasteiger partial charge in [-0.1, -0.05) is 12.1 Å². The Morgan fingerprint density at radius 3 is 2.68 bits per heavy atom. The molecule has 1 amide bonds. The van der Waals surface area contributed by atoms with Gasteiger partial charge < -0.3 is 29.3 Å². The molecular formula is C22H35IN4O4. The Bertz CT molecular complexity index is 705. The van der Waals surface area contributed by atoms with Crippen LogP contribution in [0.5, 0.6) is 5.75 Å². The Balaban J connectivity index is 0.00000341. The van der Waals surface area contributed by atoms with E-state index in [0.29, 0.717) is 39.5 Å². The quantitative estimate of drug-likeness (QED) is 0.233. The first-order valence-corrected chi connectivity index (χ1v) is 10.8. The molecule has 2 fully saturated rings. The maximum Gasteiger partial charge on any atom is 0.251 e. The normalized spacial score (nSPS) is 19.2. The number of nitrogens with zero attached hydrogens (tertiary/aromatic N) is 3. The maximum absolute atomic E-state index is 12.5. The van der Waals surface area contributed by atoms with Crippen molar-refractivity contribution >= 4 is 35.8 Å². The Hall–Kier alpha value is -1.59. The number of ether oxygens (including phenoxy) is 3. The number of rotatable bonds is 8. The molecule has 0 aromatic heterocycles. The lowest BCUT2D eigenvalue weighted by Crippen LogP contribution is -2.55. The number of aliphatic imine (C=N–C) groups is 1. The average Bonchev–Trinajstić information content (AvgIpc) is 3.32. The van der Waals surface area contributed by atoms with Gasteiger partial charge in [0, 0.05) is 66.5 Å². The van der Waals surface area contributed by atoms with E-state index in [1.54, 1.807) is 14.2 Å². The van der Waals surface area contributed by atoms with Crippen molar-refractivity contribution < 1.29 is 19.0 Å². The number of benzene rings is 1. The van der Waals surface area contributed by atoms with E-state index in [9.17, 15) is 4.79 Å². The number of methoxy groups -OCH3 is 1. The fraction of sp³-hybridized carbons (Fsp3) is 0.636. The second-order valence-corrected chi connectivity index (χ2v) is 7.56. The van der Waals surface area contributed by atoms with Crippen LogP contribution in [0.3, 0.4) is 0 Å². The second kappa shape index (κ2) is 13.7. The highest BCUT2D eigenvalue weighted by molar-refractivity contribution is 14.0. The van der Waals surface area contributed by atoms with Gasteiger partial charge in [0.15, 0.2) is 5.96 Å². The summed E-state index contributed by atoms with van der Waals surface area (Å²) in [6.45, 7) is 5.63. The molecule has 1 atom stereocenters. The van der Waals surface area contributed by atoms with Crippen molar-refractivity contribution in [2.24, 2.45) is 4.99 Å². The van der Waals surface area contributed by atoms with E-state index in [2.05, 4.69) is 21.3 Å². The summed E-state index contributed by atoms with van der Waals surface area (Å²) in [7, 11) is 3.49. The Morgan fingerprint density at radius 1 is 1.23 bits per heavy atom. The molecule has 1 aromatic carbocycles. The van der Waals surface area contributed by atoms with Crippen molar-refractivity contribution in [1.29, 1.82) is 0 Å².